The summed E-state index contributed by atoms with van der Waals surface area (Å²) >= 11 is 0. The number of nitrogens with zero attached hydrogens (tertiary/aromatic N) is 1. The van der Waals surface area contributed by atoms with E-state index in [1.807, 2.05) is 0 Å². The van der Waals surface area contributed by atoms with Gasteiger partial charge in [0.2, 0.25) is 0 Å². The predicted molar refractivity (Wildman–Crippen MR) is 82.0 cm³/mol. The molecule has 0 aliphatic carbocycles. The van der Waals surface area contributed by atoms with E-state index in [1.165, 1.54) is 48.5 Å². The minimum absolute atomic E-state index is 0.140. The third kappa shape index (κ3) is 3.08. The van der Waals surface area contributed by atoms with Crippen molar-refractivity contribution in [3.8, 4) is 22.4 Å². The molecule has 0 aliphatic rings. The second-order valence-electron chi connectivity index (χ2n) is 4.91. The molecule has 0 radical (unpaired) electrons. The van der Waals surface area contributed by atoms with Crippen LogP contribution in [0.3, 0.4) is 0 Å². The summed E-state index contributed by atoms with van der Waals surface area (Å²) in [6.07, 6.45) is 0. The molecule has 3 nitrogen and oxygen atoms in total. The molecule has 0 amide bonds. The molecule has 0 saturated carbocycles. The van der Waals surface area contributed by atoms with Gasteiger partial charge in [0.1, 0.15) is 11.6 Å². The van der Waals surface area contributed by atoms with E-state index in [0.29, 0.717) is 22.4 Å². The van der Waals surface area contributed by atoms with Gasteiger partial charge in [-0.3, -0.25) is 0 Å². The average molecular weight is 311 g/mol. The molecular formula is C18H11F2NO2. The number of hydrogen-bond donors (Lipinski definition) is 1. The second kappa shape index (κ2) is 5.96. The summed E-state index contributed by atoms with van der Waals surface area (Å²) in [5.41, 5.74) is 1.84. The van der Waals surface area contributed by atoms with Crippen molar-refractivity contribution in [2.24, 2.45) is 0 Å². The third-order valence-corrected chi connectivity index (χ3v) is 3.39. The lowest BCUT2D eigenvalue weighted by Crippen LogP contribution is -2.04. The summed E-state index contributed by atoms with van der Waals surface area (Å²) in [6, 6.07) is 14.4. The van der Waals surface area contributed by atoms with Crippen LogP contribution in [0.15, 0.2) is 60.7 Å². The Bertz CT molecular complexity index is 859. The first kappa shape index (κ1) is 14.8. The molecule has 0 unspecified atom stereocenters. The van der Waals surface area contributed by atoms with Gasteiger partial charge in [-0.15, -0.1) is 0 Å². The number of carboxylic acids is 1. The Hall–Kier alpha value is -3.08. The lowest BCUT2D eigenvalue weighted by Gasteiger charge is -2.08. The number of hydrogen-bond acceptors (Lipinski definition) is 2. The fourth-order valence-corrected chi connectivity index (χ4v) is 2.27. The van der Waals surface area contributed by atoms with Crippen LogP contribution in [0.2, 0.25) is 0 Å². The Labute approximate surface area is 130 Å². The van der Waals surface area contributed by atoms with E-state index < -0.39 is 11.8 Å². The lowest BCUT2D eigenvalue weighted by molar-refractivity contribution is 0.0691. The minimum Gasteiger partial charge on any atom is -0.476 e. The number of pyridine rings is 1. The largest absolute Gasteiger partial charge is 0.476 e. The van der Waals surface area contributed by atoms with Crippen LogP contribution in [-0.2, 0) is 0 Å². The maximum atomic E-state index is 13.0. The van der Waals surface area contributed by atoms with Crippen LogP contribution >= 0.6 is 0 Å². The number of aromatic carboxylic acids is 1. The quantitative estimate of drug-likeness (QED) is 0.780. The summed E-state index contributed by atoms with van der Waals surface area (Å²) in [5.74, 6) is -1.97. The molecule has 0 atom stereocenters. The highest BCUT2D eigenvalue weighted by atomic mass is 19.1. The monoisotopic (exact) mass is 311 g/mol. The van der Waals surface area contributed by atoms with Crippen molar-refractivity contribution in [1.29, 1.82) is 0 Å². The zero-order chi connectivity index (χ0) is 16.4. The number of aromatic nitrogens is 1. The van der Waals surface area contributed by atoms with E-state index in [-0.39, 0.29) is 11.5 Å². The van der Waals surface area contributed by atoms with Gasteiger partial charge >= 0.3 is 5.97 Å². The summed E-state index contributed by atoms with van der Waals surface area (Å²) in [4.78, 5) is 15.7. The van der Waals surface area contributed by atoms with Crippen LogP contribution in [0, 0.1) is 11.6 Å². The van der Waals surface area contributed by atoms with Crippen molar-refractivity contribution in [2.45, 2.75) is 0 Å². The minimum atomic E-state index is -1.19. The lowest BCUT2D eigenvalue weighted by atomic mass is 10.0. The number of carboxylic acid groups (broad SMARTS) is 1. The van der Waals surface area contributed by atoms with Crippen molar-refractivity contribution >= 4 is 5.97 Å². The highest BCUT2D eigenvalue weighted by Gasteiger charge is 2.15. The molecule has 114 valence electrons. The van der Waals surface area contributed by atoms with Crippen LogP contribution in [0.1, 0.15) is 10.5 Å². The molecule has 1 N–H and O–H groups in total. The van der Waals surface area contributed by atoms with Gasteiger partial charge in [-0.2, -0.15) is 0 Å². The normalized spacial score (nSPS) is 10.5. The average Bonchev–Trinajstić information content (AvgIpc) is 2.56. The van der Waals surface area contributed by atoms with E-state index in [1.54, 1.807) is 12.1 Å². The highest BCUT2D eigenvalue weighted by molar-refractivity contribution is 5.94. The van der Waals surface area contributed by atoms with Crippen LogP contribution in [0.5, 0.6) is 0 Å². The predicted octanol–water partition coefficient (Wildman–Crippen LogP) is 4.39. The van der Waals surface area contributed by atoms with Gasteiger partial charge < -0.3 is 5.11 Å². The highest BCUT2D eigenvalue weighted by Crippen LogP contribution is 2.26. The summed E-state index contributed by atoms with van der Waals surface area (Å²) < 4.78 is 26.0. The smallest absolute Gasteiger partial charge is 0.355 e. The van der Waals surface area contributed by atoms with Crippen LogP contribution in [0.4, 0.5) is 8.78 Å². The number of halogens is 2. The Kier molecular flexibility index (Phi) is 3.85. The Balaban J connectivity index is 2.10. The van der Waals surface area contributed by atoms with Gasteiger partial charge in [0.15, 0.2) is 5.69 Å². The second-order valence-corrected chi connectivity index (χ2v) is 4.91. The van der Waals surface area contributed by atoms with E-state index in [0.717, 1.165) is 0 Å². The standard InChI is InChI=1S/C18H11F2NO2/c19-13-5-1-11(2-6-13)15-9-10-16(21-17(15)18(22)23)12-3-7-14(20)8-4-12/h1-10H,(H,22,23). The van der Waals surface area contributed by atoms with Crippen molar-refractivity contribution < 1.29 is 18.7 Å². The van der Waals surface area contributed by atoms with Gasteiger partial charge in [-0.25, -0.2) is 18.6 Å². The van der Waals surface area contributed by atoms with Crippen molar-refractivity contribution in [1.82, 2.24) is 4.98 Å². The fourth-order valence-electron chi connectivity index (χ4n) is 2.27. The summed E-state index contributed by atoms with van der Waals surface area (Å²) in [5, 5.41) is 9.40. The summed E-state index contributed by atoms with van der Waals surface area (Å²) in [7, 11) is 0. The maximum Gasteiger partial charge on any atom is 0.355 e. The summed E-state index contributed by atoms with van der Waals surface area (Å²) in [6.45, 7) is 0. The van der Waals surface area contributed by atoms with Crippen molar-refractivity contribution in [3.05, 3.63) is 78.0 Å². The molecule has 0 aliphatic heterocycles. The topological polar surface area (TPSA) is 50.2 Å². The van der Waals surface area contributed by atoms with Crippen LogP contribution in [-0.4, -0.2) is 16.1 Å². The molecular weight excluding hydrogens is 300 g/mol. The van der Waals surface area contributed by atoms with Gasteiger partial charge in [-0.1, -0.05) is 12.1 Å². The molecule has 0 bridgehead atoms. The van der Waals surface area contributed by atoms with Crippen LogP contribution in [0.25, 0.3) is 22.4 Å². The molecule has 0 fully saturated rings. The van der Waals surface area contributed by atoms with Crippen molar-refractivity contribution in [2.75, 3.05) is 0 Å². The van der Waals surface area contributed by atoms with E-state index in [9.17, 15) is 18.7 Å². The number of benzene rings is 2. The molecule has 2 aromatic carbocycles. The molecule has 5 heteroatoms. The molecule has 1 aromatic heterocycles. The zero-order valence-electron chi connectivity index (χ0n) is 11.8. The molecule has 1 heterocycles. The number of rotatable bonds is 3. The fraction of sp³-hybridized carbons (Fsp3) is 0. The van der Waals surface area contributed by atoms with Gasteiger partial charge in [0.05, 0.1) is 5.69 Å². The molecule has 3 aromatic rings. The first-order valence-corrected chi connectivity index (χ1v) is 6.81. The number of carbonyl (C=O) groups is 1. The zero-order valence-corrected chi connectivity index (χ0v) is 11.8. The third-order valence-electron chi connectivity index (χ3n) is 3.39. The Morgan fingerprint density at radius 2 is 1.30 bits per heavy atom. The van der Waals surface area contributed by atoms with Crippen molar-refractivity contribution in [3.63, 3.8) is 0 Å². The van der Waals surface area contributed by atoms with Gasteiger partial charge in [0.25, 0.3) is 0 Å². The first-order chi connectivity index (χ1) is 11.0. The van der Waals surface area contributed by atoms with Gasteiger partial charge in [0, 0.05) is 11.1 Å². The molecule has 23 heavy (non-hydrogen) atoms. The van der Waals surface area contributed by atoms with E-state index in [2.05, 4.69) is 4.98 Å². The Morgan fingerprint density at radius 3 is 1.83 bits per heavy atom. The van der Waals surface area contributed by atoms with Gasteiger partial charge in [-0.05, 0) is 54.1 Å². The van der Waals surface area contributed by atoms with Crippen LogP contribution < -0.4 is 0 Å². The molecule has 3 rings (SSSR count). The maximum absolute atomic E-state index is 13.0. The van der Waals surface area contributed by atoms with E-state index >= 15 is 0 Å². The Morgan fingerprint density at radius 1 is 0.783 bits per heavy atom. The molecule has 0 spiro atoms. The molecule has 0 saturated heterocycles. The first-order valence-electron chi connectivity index (χ1n) is 6.81. The SMILES string of the molecule is O=C(O)c1nc(-c2ccc(F)cc2)ccc1-c1ccc(F)cc1. The van der Waals surface area contributed by atoms with E-state index in [4.69, 9.17) is 0 Å².